The first-order chi connectivity index (χ1) is 11.9. The average molecular weight is 406 g/mol. The number of halogens is 2. The molecule has 1 aromatic carbocycles. The van der Waals surface area contributed by atoms with Gasteiger partial charge in [0.05, 0.1) is 26.4 Å². The van der Waals surface area contributed by atoms with Gasteiger partial charge in [0.25, 0.3) is 0 Å². The Morgan fingerprint density at radius 3 is 2.12 bits per heavy atom. The Kier molecular flexibility index (Phi) is 7.22. The second-order valence-electron chi connectivity index (χ2n) is 5.37. The maximum absolute atomic E-state index is 10.3. The lowest BCUT2D eigenvalue weighted by Gasteiger charge is -2.20. The van der Waals surface area contributed by atoms with Crippen LogP contribution in [0.4, 0.5) is 0 Å². The van der Waals surface area contributed by atoms with E-state index in [2.05, 4.69) is 5.32 Å². The molecule has 2 atom stereocenters. The molecule has 0 radical (unpaired) electrons. The third-order valence-electron chi connectivity index (χ3n) is 3.80. The predicted molar refractivity (Wildman–Crippen MR) is 102 cm³/mol. The average Bonchev–Trinajstić information content (AvgIpc) is 2.96. The van der Waals surface area contributed by atoms with Gasteiger partial charge in [0.2, 0.25) is 5.75 Å². The van der Waals surface area contributed by atoms with Crippen molar-refractivity contribution in [2.75, 3.05) is 27.9 Å². The molecule has 2 unspecified atom stereocenters. The van der Waals surface area contributed by atoms with Gasteiger partial charge in [-0.05, 0) is 30.7 Å². The van der Waals surface area contributed by atoms with Gasteiger partial charge in [-0.3, -0.25) is 0 Å². The highest BCUT2D eigenvalue weighted by molar-refractivity contribution is 7.17. The highest BCUT2D eigenvalue weighted by atomic mass is 35.5. The minimum atomic E-state index is -0.695. The second kappa shape index (κ2) is 8.96. The molecule has 8 heteroatoms. The van der Waals surface area contributed by atoms with Crippen LogP contribution >= 0.6 is 34.5 Å². The number of ether oxygens (including phenoxy) is 3. The van der Waals surface area contributed by atoms with Crippen molar-refractivity contribution in [2.45, 2.75) is 19.1 Å². The molecule has 2 aromatic rings. The van der Waals surface area contributed by atoms with Crippen molar-refractivity contribution in [3.8, 4) is 17.2 Å². The van der Waals surface area contributed by atoms with E-state index in [0.29, 0.717) is 33.2 Å². The van der Waals surface area contributed by atoms with Gasteiger partial charge in [0, 0.05) is 17.5 Å². The molecule has 0 saturated carbocycles. The molecule has 0 amide bonds. The molecule has 2 N–H and O–H groups in total. The first-order valence-corrected chi connectivity index (χ1v) is 9.14. The summed E-state index contributed by atoms with van der Waals surface area (Å²) in [6, 6.07) is 5.40. The minimum Gasteiger partial charge on any atom is -0.493 e. The van der Waals surface area contributed by atoms with Crippen LogP contribution in [0, 0.1) is 0 Å². The van der Waals surface area contributed by atoms with Gasteiger partial charge in [-0.25, -0.2) is 0 Å². The van der Waals surface area contributed by atoms with Crippen LogP contribution < -0.4 is 19.5 Å². The highest BCUT2D eigenvalue weighted by Gasteiger charge is 2.18. The zero-order valence-corrected chi connectivity index (χ0v) is 16.8. The topological polar surface area (TPSA) is 60.0 Å². The number of benzene rings is 1. The summed E-state index contributed by atoms with van der Waals surface area (Å²) in [6.07, 6.45) is -0.695. The molecule has 0 bridgehead atoms. The standard InChI is InChI=1S/C17H21Cl2NO4S/c1-9(20-8-12(21)15-7-11(18)17(19)25-15)10-5-13(22-2)16(24-4)14(6-10)23-3/h5-7,9,12,20-21H,8H2,1-4H3. The lowest BCUT2D eigenvalue weighted by Crippen LogP contribution is -2.24. The Morgan fingerprint density at radius 1 is 1.08 bits per heavy atom. The van der Waals surface area contributed by atoms with Crippen molar-refractivity contribution in [2.24, 2.45) is 0 Å². The summed E-state index contributed by atoms with van der Waals surface area (Å²) in [5, 5.41) is 14.0. The minimum absolute atomic E-state index is 0.0470. The largest absolute Gasteiger partial charge is 0.493 e. The Balaban J connectivity index is 2.11. The van der Waals surface area contributed by atoms with Crippen molar-refractivity contribution in [1.82, 2.24) is 5.32 Å². The Labute approximate surface area is 161 Å². The maximum atomic E-state index is 10.3. The monoisotopic (exact) mass is 405 g/mol. The number of hydrogen-bond acceptors (Lipinski definition) is 6. The quantitative estimate of drug-likeness (QED) is 0.678. The molecule has 0 fully saturated rings. The number of hydrogen-bond donors (Lipinski definition) is 2. The molecule has 138 valence electrons. The molecule has 0 aliphatic rings. The lowest BCUT2D eigenvalue weighted by atomic mass is 10.1. The van der Waals surface area contributed by atoms with E-state index in [-0.39, 0.29) is 6.04 Å². The number of nitrogens with one attached hydrogen (secondary N) is 1. The fourth-order valence-corrected chi connectivity index (χ4v) is 3.77. The van der Waals surface area contributed by atoms with Crippen molar-refractivity contribution >= 4 is 34.5 Å². The molecule has 2 rings (SSSR count). The summed E-state index contributed by atoms with van der Waals surface area (Å²) >= 11 is 13.2. The first kappa shape index (κ1) is 20.1. The van der Waals surface area contributed by atoms with E-state index in [1.807, 2.05) is 19.1 Å². The van der Waals surface area contributed by atoms with E-state index in [9.17, 15) is 5.11 Å². The van der Waals surface area contributed by atoms with E-state index < -0.39 is 6.10 Å². The molecular weight excluding hydrogens is 385 g/mol. The van der Waals surface area contributed by atoms with Gasteiger partial charge in [-0.15, -0.1) is 11.3 Å². The van der Waals surface area contributed by atoms with E-state index in [4.69, 9.17) is 37.4 Å². The van der Waals surface area contributed by atoms with Crippen molar-refractivity contribution in [3.63, 3.8) is 0 Å². The Bertz CT molecular complexity index is 678. The number of aliphatic hydroxyl groups is 1. The molecular formula is C17H21Cl2NO4S. The molecule has 1 heterocycles. The first-order valence-electron chi connectivity index (χ1n) is 7.57. The molecule has 25 heavy (non-hydrogen) atoms. The van der Waals surface area contributed by atoms with Gasteiger partial charge in [-0.2, -0.15) is 0 Å². The van der Waals surface area contributed by atoms with Crippen LogP contribution in [0.15, 0.2) is 18.2 Å². The molecule has 0 spiro atoms. The fraction of sp³-hybridized carbons (Fsp3) is 0.412. The molecule has 1 aromatic heterocycles. The van der Waals surface area contributed by atoms with E-state index in [1.165, 1.54) is 11.3 Å². The van der Waals surface area contributed by atoms with E-state index in [1.54, 1.807) is 27.4 Å². The summed E-state index contributed by atoms with van der Waals surface area (Å²) in [7, 11) is 4.72. The number of aliphatic hydroxyl groups excluding tert-OH is 1. The van der Waals surface area contributed by atoms with Crippen LogP contribution in [0.3, 0.4) is 0 Å². The predicted octanol–water partition coefficient (Wildman–Crippen LogP) is 4.46. The fourth-order valence-electron chi connectivity index (χ4n) is 2.39. The molecule has 0 aliphatic carbocycles. The summed E-state index contributed by atoms with van der Waals surface area (Å²) in [5.74, 6) is 1.72. The maximum Gasteiger partial charge on any atom is 0.203 e. The molecule has 0 aliphatic heterocycles. The van der Waals surface area contributed by atoms with Crippen LogP contribution in [0.2, 0.25) is 9.36 Å². The summed E-state index contributed by atoms with van der Waals surface area (Å²) in [5.41, 5.74) is 0.948. The Morgan fingerprint density at radius 2 is 1.68 bits per heavy atom. The van der Waals surface area contributed by atoms with Crippen molar-refractivity contribution in [1.29, 1.82) is 0 Å². The van der Waals surface area contributed by atoms with Gasteiger partial charge >= 0.3 is 0 Å². The number of methoxy groups -OCH3 is 3. The second-order valence-corrected chi connectivity index (χ2v) is 7.47. The lowest BCUT2D eigenvalue weighted by molar-refractivity contribution is 0.174. The van der Waals surface area contributed by atoms with Crippen LogP contribution in [-0.4, -0.2) is 33.0 Å². The third kappa shape index (κ3) is 4.71. The van der Waals surface area contributed by atoms with Crippen LogP contribution in [0.1, 0.15) is 29.5 Å². The highest BCUT2D eigenvalue weighted by Crippen LogP contribution is 2.40. The number of thiophene rings is 1. The SMILES string of the molecule is COc1cc(C(C)NCC(O)c2cc(Cl)c(Cl)s2)cc(OC)c1OC. The van der Waals surface area contributed by atoms with E-state index >= 15 is 0 Å². The number of rotatable bonds is 8. The van der Waals surface area contributed by atoms with E-state index in [0.717, 1.165) is 10.4 Å². The summed E-state index contributed by atoms with van der Waals surface area (Å²) in [4.78, 5) is 0.722. The van der Waals surface area contributed by atoms with Crippen LogP contribution in [0.5, 0.6) is 17.2 Å². The van der Waals surface area contributed by atoms with Crippen LogP contribution in [0.25, 0.3) is 0 Å². The zero-order valence-electron chi connectivity index (χ0n) is 14.4. The normalized spacial score (nSPS) is 13.4. The smallest absolute Gasteiger partial charge is 0.203 e. The van der Waals surface area contributed by atoms with Crippen LogP contribution in [-0.2, 0) is 0 Å². The Hall–Kier alpha value is -1.18. The van der Waals surface area contributed by atoms with Gasteiger partial charge in [0.1, 0.15) is 10.4 Å². The van der Waals surface area contributed by atoms with Gasteiger partial charge < -0.3 is 24.6 Å². The van der Waals surface area contributed by atoms with Crippen molar-refractivity contribution in [3.05, 3.63) is 38.0 Å². The van der Waals surface area contributed by atoms with Crippen molar-refractivity contribution < 1.29 is 19.3 Å². The molecule has 0 saturated heterocycles. The third-order valence-corrected chi connectivity index (χ3v) is 5.76. The zero-order chi connectivity index (χ0) is 18.6. The summed E-state index contributed by atoms with van der Waals surface area (Å²) < 4.78 is 16.5. The van der Waals surface area contributed by atoms with Gasteiger partial charge in [0.15, 0.2) is 11.5 Å². The van der Waals surface area contributed by atoms with Gasteiger partial charge in [-0.1, -0.05) is 23.2 Å². The molecule has 5 nitrogen and oxygen atoms in total. The summed E-state index contributed by atoms with van der Waals surface area (Å²) in [6.45, 7) is 2.34.